The van der Waals surface area contributed by atoms with Crippen LogP contribution in [0, 0.1) is 5.82 Å². The fourth-order valence-electron chi connectivity index (χ4n) is 3.19. The van der Waals surface area contributed by atoms with Gasteiger partial charge in [-0.25, -0.2) is 4.39 Å². The molecule has 7 nitrogen and oxygen atoms in total. The summed E-state index contributed by atoms with van der Waals surface area (Å²) >= 11 is 0. The summed E-state index contributed by atoms with van der Waals surface area (Å²) in [4.78, 5) is 27.3. The molecule has 0 saturated carbocycles. The van der Waals surface area contributed by atoms with Gasteiger partial charge in [-0.2, -0.15) is 0 Å². The first kappa shape index (κ1) is 20.1. The number of methoxy groups -OCH3 is 1. The zero-order valence-electron chi connectivity index (χ0n) is 15.4. The lowest BCUT2D eigenvalue weighted by Gasteiger charge is -2.40. The van der Waals surface area contributed by atoms with Crippen LogP contribution in [0.25, 0.3) is 0 Å². The van der Waals surface area contributed by atoms with Crippen molar-refractivity contribution in [2.24, 2.45) is 0 Å². The monoisotopic (exact) mass is 367 g/mol. The highest BCUT2D eigenvalue weighted by Crippen LogP contribution is 2.26. The van der Waals surface area contributed by atoms with E-state index in [4.69, 9.17) is 4.74 Å². The van der Waals surface area contributed by atoms with Gasteiger partial charge < -0.3 is 20.1 Å². The van der Waals surface area contributed by atoms with E-state index in [0.717, 1.165) is 0 Å². The van der Waals surface area contributed by atoms with E-state index in [2.05, 4.69) is 5.32 Å². The van der Waals surface area contributed by atoms with Gasteiger partial charge in [0.05, 0.1) is 13.7 Å². The molecule has 1 atom stereocenters. The number of nitrogens with zero attached hydrogens (tertiary/aromatic N) is 2. The van der Waals surface area contributed by atoms with Gasteiger partial charge in [-0.15, -0.1) is 0 Å². The second-order valence-corrected chi connectivity index (χ2v) is 6.66. The van der Waals surface area contributed by atoms with Gasteiger partial charge in [0, 0.05) is 32.2 Å². The van der Waals surface area contributed by atoms with Gasteiger partial charge in [0.1, 0.15) is 11.6 Å². The average Bonchev–Trinajstić information content (AvgIpc) is 2.60. The standard InChI is InChI=1S/C18H26FN3O4/c1-20-16(23)11-21(2)12-18(25)7-4-8-22(17(18)24)10-13-9-14(26-3)5-6-15(13)19/h5-6,9,25H,4,7-8,10-12H2,1-3H3,(H,20,23). The Labute approximate surface area is 152 Å². The van der Waals surface area contributed by atoms with Gasteiger partial charge in [-0.3, -0.25) is 14.5 Å². The van der Waals surface area contributed by atoms with Crippen LogP contribution in [0.2, 0.25) is 0 Å². The molecular formula is C18H26FN3O4. The Kier molecular flexibility index (Phi) is 6.55. The van der Waals surface area contributed by atoms with Crippen molar-refractivity contribution in [2.75, 3.05) is 40.8 Å². The number of halogens is 1. The third kappa shape index (κ3) is 4.70. The number of carbonyl (C=O) groups excluding carboxylic acids is 2. The van der Waals surface area contributed by atoms with Gasteiger partial charge in [0.25, 0.3) is 5.91 Å². The highest BCUT2D eigenvalue weighted by atomic mass is 19.1. The molecule has 8 heteroatoms. The van der Waals surface area contributed by atoms with Crippen LogP contribution in [-0.2, 0) is 16.1 Å². The van der Waals surface area contributed by atoms with Crippen LogP contribution < -0.4 is 10.1 Å². The molecule has 0 spiro atoms. The Hall–Kier alpha value is -2.19. The number of amides is 2. The molecule has 0 aromatic heterocycles. The van der Waals surface area contributed by atoms with Crippen molar-refractivity contribution in [3.63, 3.8) is 0 Å². The van der Waals surface area contributed by atoms with E-state index in [1.807, 2.05) is 0 Å². The Balaban J connectivity index is 2.10. The minimum Gasteiger partial charge on any atom is -0.497 e. The Bertz CT molecular complexity index is 670. The van der Waals surface area contributed by atoms with E-state index in [-0.39, 0.29) is 25.5 Å². The maximum Gasteiger partial charge on any atom is 0.256 e. The van der Waals surface area contributed by atoms with E-state index in [9.17, 15) is 19.1 Å². The fraction of sp³-hybridized carbons (Fsp3) is 0.556. The number of ether oxygens (including phenoxy) is 1. The SMILES string of the molecule is CNC(=O)CN(C)CC1(O)CCCN(Cc2cc(OC)ccc2F)C1=O. The molecule has 1 heterocycles. The summed E-state index contributed by atoms with van der Waals surface area (Å²) in [6.07, 6.45) is 0.905. The molecule has 1 saturated heterocycles. The molecule has 2 N–H and O–H groups in total. The van der Waals surface area contributed by atoms with Crippen molar-refractivity contribution in [3.8, 4) is 5.75 Å². The van der Waals surface area contributed by atoms with Crippen molar-refractivity contribution < 1.29 is 23.8 Å². The topological polar surface area (TPSA) is 82.1 Å². The molecule has 2 rings (SSSR count). The van der Waals surface area contributed by atoms with Crippen LogP contribution >= 0.6 is 0 Å². The second-order valence-electron chi connectivity index (χ2n) is 6.66. The number of rotatable bonds is 7. The van der Waals surface area contributed by atoms with Gasteiger partial charge in [0.2, 0.25) is 5.91 Å². The molecule has 1 aliphatic heterocycles. The van der Waals surface area contributed by atoms with Crippen LogP contribution in [-0.4, -0.2) is 73.2 Å². The molecular weight excluding hydrogens is 341 g/mol. The maximum absolute atomic E-state index is 14.1. The molecule has 1 aromatic carbocycles. The first-order chi connectivity index (χ1) is 12.3. The second kappa shape index (κ2) is 8.46. The van der Waals surface area contributed by atoms with Crippen molar-refractivity contribution in [1.82, 2.24) is 15.1 Å². The number of nitrogens with one attached hydrogen (secondary N) is 1. The number of piperidine rings is 1. The normalized spacial score (nSPS) is 20.4. The minimum atomic E-state index is -1.59. The first-order valence-corrected chi connectivity index (χ1v) is 8.52. The summed E-state index contributed by atoms with van der Waals surface area (Å²) < 4.78 is 19.2. The quantitative estimate of drug-likeness (QED) is 0.728. The summed E-state index contributed by atoms with van der Waals surface area (Å²) in [7, 11) is 4.69. The smallest absolute Gasteiger partial charge is 0.256 e. The summed E-state index contributed by atoms with van der Waals surface area (Å²) in [6.45, 7) is 0.618. The van der Waals surface area contributed by atoms with Crippen molar-refractivity contribution in [2.45, 2.75) is 25.0 Å². The average molecular weight is 367 g/mol. The number of hydrogen-bond donors (Lipinski definition) is 2. The largest absolute Gasteiger partial charge is 0.497 e. The number of aliphatic hydroxyl groups is 1. The summed E-state index contributed by atoms with van der Waals surface area (Å²) in [5, 5.41) is 13.3. The molecule has 1 aliphatic rings. The molecule has 26 heavy (non-hydrogen) atoms. The molecule has 1 fully saturated rings. The van der Waals surface area contributed by atoms with Crippen LogP contribution in [0.5, 0.6) is 5.75 Å². The molecule has 0 bridgehead atoms. The highest BCUT2D eigenvalue weighted by molar-refractivity contribution is 5.86. The Morgan fingerprint density at radius 1 is 1.50 bits per heavy atom. The van der Waals surface area contributed by atoms with Crippen LogP contribution in [0.15, 0.2) is 18.2 Å². The van der Waals surface area contributed by atoms with E-state index < -0.39 is 17.3 Å². The van der Waals surface area contributed by atoms with Gasteiger partial charge >= 0.3 is 0 Å². The van der Waals surface area contributed by atoms with Crippen LogP contribution in [0.4, 0.5) is 4.39 Å². The van der Waals surface area contributed by atoms with Gasteiger partial charge in [-0.05, 0) is 38.1 Å². The number of benzene rings is 1. The Morgan fingerprint density at radius 2 is 2.23 bits per heavy atom. The summed E-state index contributed by atoms with van der Waals surface area (Å²) in [6, 6.07) is 4.36. The third-order valence-electron chi connectivity index (χ3n) is 4.54. The molecule has 1 unspecified atom stereocenters. The van der Waals surface area contributed by atoms with E-state index in [1.165, 1.54) is 31.2 Å². The maximum atomic E-state index is 14.1. The number of likely N-dealkylation sites (tertiary alicyclic amines) is 1. The minimum absolute atomic E-state index is 0.0380. The lowest BCUT2D eigenvalue weighted by Crippen LogP contribution is -2.58. The van der Waals surface area contributed by atoms with Crippen molar-refractivity contribution >= 4 is 11.8 Å². The number of hydrogen-bond acceptors (Lipinski definition) is 5. The van der Waals surface area contributed by atoms with Crippen molar-refractivity contribution in [3.05, 3.63) is 29.6 Å². The highest BCUT2D eigenvalue weighted by Gasteiger charge is 2.43. The molecule has 0 radical (unpaired) electrons. The van der Waals surface area contributed by atoms with Crippen LogP contribution in [0.1, 0.15) is 18.4 Å². The summed E-state index contributed by atoms with van der Waals surface area (Å²) in [5.41, 5.74) is -1.25. The van der Waals surface area contributed by atoms with E-state index in [0.29, 0.717) is 30.7 Å². The Morgan fingerprint density at radius 3 is 2.88 bits per heavy atom. The summed E-state index contributed by atoms with van der Waals surface area (Å²) in [5.74, 6) is -0.569. The van der Waals surface area contributed by atoms with Crippen LogP contribution in [0.3, 0.4) is 0 Å². The zero-order chi connectivity index (χ0) is 19.3. The third-order valence-corrected chi connectivity index (χ3v) is 4.54. The zero-order valence-corrected chi connectivity index (χ0v) is 15.4. The van der Waals surface area contributed by atoms with Gasteiger partial charge in [0.15, 0.2) is 5.60 Å². The predicted molar refractivity (Wildman–Crippen MR) is 94.1 cm³/mol. The fourth-order valence-corrected chi connectivity index (χ4v) is 3.19. The van der Waals surface area contributed by atoms with E-state index >= 15 is 0 Å². The molecule has 0 aliphatic carbocycles. The molecule has 1 aromatic rings. The van der Waals surface area contributed by atoms with Gasteiger partial charge in [-0.1, -0.05) is 0 Å². The molecule has 2 amide bonds. The lowest BCUT2D eigenvalue weighted by molar-refractivity contribution is -0.160. The first-order valence-electron chi connectivity index (χ1n) is 8.52. The number of carbonyl (C=O) groups is 2. The lowest BCUT2D eigenvalue weighted by atomic mass is 9.90. The number of likely N-dealkylation sites (N-methyl/N-ethyl adjacent to an activating group) is 2. The molecule has 144 valence electrons. The van der Waals surface area contributed by atoms with Crippen molar-refractivity contribution in [1.29, 1.82) is 0 Å². The van der Waals surface area contributed by atoms with E-state index in [1.54, 1.807) is 18.0 Å². The predicted octanol–water partition coefficient (Wildman–Crippen LogP) is 0.366.